The van der Waals surface area contributed by atoms with Crippen LogP contribution in [-0.4, -0.2) is 51.0 Å². The van der Waals surface area contributed by atoms with Crippen molar-refractivity contribution in [3.63, 3.8) is 0 Å². The predicted octanol–water partition coefficient (Wildman–Crippen LogP) is 4.62. The molecule has 39 heavy (non-hydrogen) atoms. The molecule has 0 aromatic heterocycles. The minimum absolute atomic E-state index is 0.00366. The minimum atomic E-state index is -0.809. The SMILES string of the molecule is CCC(SC1=Nc2ccccc2C2=NC(CC(=O)NC3CCCCC3)C(=O)N12)C(=O)NCc1ccc(C)cc1. The Morgan fingerprint density at radius 2 is 1.82 bits per heavy atom. The molecule has 0 saturated heterocycles. The van der Waals surface area contributed by atoms with Crippen LogP contribution in [0.15, 0.2) is 58.5 Å². The van der Waals surface area contributed by atoms with E-state index in [0.717, 1.165) is 36.8 Å². The van der Waals surface area contributed by atoms with Gasteiger partial charge in [0.25, 0.3) is 5.91 Å². The quantitative estimate of drug-likeness (QED) is 0.505. The second-order valence-electron chi connectivity index (χ2n) is 10.4. The van der Waals surface area contributed by atoms with Crippen LogP contribution in [0.25, 0.3) is 0 Å². The number of hydrogen-bond donors (Lipinski definition) is 2. The number of hydrogen-bond acceptors (Lipinski definition) is 6. The van der Waals surface area contributed by atoms with Crippen LogP contribution in [0.4, 0.5) is 5.69 Å². The van der Waals surface area contributed by atoms with E-state index in [9.17, 15) is 14.4 Å². The molecule has 1 aliphatic carbocycles. The molecular formula is C30H35N5O3S. The van der Waals surface area contributed by atoms with Gasteiger partial charge < -0.3 is 10.6 Å². The molecule has 8 nitrogen and oxygen atoms in total. The third kappa shape index (κ3) is 6.24. The normalized spacial score (nSPS) is 19.5. The first-order chi connectivity index (χ1) is 18.9. The molecule has 204 valence electrons. The third-order valence-corrected chi connectivity index (χ3v) is 8.71. The van der Waals surface area contributed by atoms with Gasteiger partial charge in [0.2, 0.25) is 11.8 Å². The summed E-state index contributed by atoms with van der Waals surface area (Å²) in [4.78, 5) is 50.5. The Bertz CT molecular complexity index is 1300. The molecule has 3 amide bonds. The summed E-state index contributed by atoms with van der Waals surface area (Å²) >= 11 is 1.27. The van der Waals surface area contributed by atoms with Gasteiger partial charge in [0.1, 0.15) is 11.9 Å². The van der Waals surface area contributed by atoms with Crippen molar-refractivity contribution in [1.29, 1.82) is 0 Å². The van der Waals surface area contributed by atoms with E-state index in [4.69, 9.17) is 9.98 Å². The molecule has 2 N–H and O–H groups in total. The number of aliphatic imine (C=N–C) groups is 2. The van der Waals surface area contributed by atoms with Gasteiger partial charge in [0.05, 0.1) is 17.4 Å². The van der Waals surface area contributed by atoms with Gasteiger partial charge in [0, 0.05) is 18.2 Å². The number of nitrogens with zero attached hydrogens (tertiary/aromatic N) is 3. The van der Waals surface area contributed by atoms with Crippen molar-refractivity contribution >= 4 is 46.2 Å². The zero-order valence-corrected chi connectivity index (χ0v) is 23.3. The number of carbonyl (C=O) groups excluding carboxylic acids is 3. The van der Waals surface area contributed by atoms with Crippen LogP contribution in [0.5, 0.6) is 0 Å². The van der Waals surface area contributed by atoms with Gasteiger partial charge in [-0.25, -0.2) is 9.89 Å². The number of fused-ring (bicyclic) bond motifs is 3. The highest BCUT2D eigenvalue weighted by atomic mass is 32.2. The monoisotopic (exact) mass is 545 g/mol. The summed E-state index contributed by atoms with van der Waals surface area (Å²) in [5.41, 5.74) is 3.64. The van der Waals surface area contributed by atoms with E-state index >= 15 is 0 Å². The van der Waals surface area contributed by atoms with Crippen LogP contribution in [-0.2, 0) is 20.9 Å². The average molecular weight is 546 g/mol. The lowest BCUT2D eigenvalue weighted by Gasteiger charge is -2.27. The molecule has 2 aromatic rings. The zero-order valence-electron chi connectivity index (χ0n) is 22.5. The highest BCUT2D eigenvalue weighted by Crippen LogP contribution is 2.35. The predicted molar refractivity (Wildman–Crippen MR) is 155 cm³/mol. The fourth-order valence-electron chi connectivity index (χ4n) is 5.18. The molecule has 5 rings (SSSR count). The summed E-state index contributed by atoms with van der Waals surface area (Å²) in [7, 11) is 0. The third-order valence-electron chi connectivity index (χ3n) is 7.39. The van der Waals surface area contributed by atoms with Crippen LogP contribution in [0, 0.1) is 6.92 Å². The Labute approximate surface area is 233 Å². The molecule has 2 aromatic carbocycles. The lowest BCUT2D eigenvalue weighted by atomic mass is 9.95. The first-order valence-electron chi connectivity index (χ1n) is 13.8. The van der Waals surface area contributed by atoms with Gasteiger partial charge in [-0.2, -0.15) is 0 Å². The maximum absolute atomic E-state index is 13.6. The number of aryl methyl sites for hydroxylation is 1. The van der Waals surface area contributed by atoms with E-state index in [1.54, 1.807) is 0 Å². The number of benzene rings is 2. The molecule has 2 unspecified atom stereocenters. The second-order valence-corrected chi connectivity index (χ2v) is 11.5. The highest BCUT2D eigenvalue weighted by molar-refractivity contribution is 8.15. The average Bonchev–Trinajstić information content (AvgIpc) is 3.27. The largest absolute Gasteiger partial charge is 0.353 e. The Morgan fingerprint density at radius 1 is 1.08 bits per heavy atom. The number of carbonyl (C=O) groups is 3. The molecule has 3 aliphatic rings. The molecule has 0 spiro atoms. The van der Waals surface area contributed by atoms with Crippen molar-refractivity contribution in [2.75, 3.05) is 0 Å². The van der Waals surface area contributed by atoms with Gasteiger partial charge in [-0.1, -0.05) is 79.9 Å². The van der Waals surface area contributed by atoms with Crippen LogP contribution in [0.1, 0.15) is 68.6 Å². The van der Waals surface area contributed by atoms with Gasteiger partial charge >= 0.3 is 0 Å². The molecule has 2 atom stereocenters. The van der Waals surface area contributed by atoms with E-state index in [1.807, 2.05) is 62.4 Å². The maximum atomic E-state index is 13.6. The molecule has 2 aliphatic heterocycles. The van der Waals surface area contributed by atoms with E-state index < -0.39 is 11.3 Å². The van der Waals surface area contributed by atoms with Crippen molar-refractivity contribution in [1.82, 2.24) is 15.5 Å². The number of nitrogens with one attached hydrogen (secondary N) is 2. The molecule has 1 fully saturated rings. The lowest BCUT2D eigenvalue weighted by Crippen LogP contribution is -2.44. The van der Waals surface area contributed by atoms with E-state index in [-0.39, 0.29) is 30.2 Å². The Kier molecular flexibility index (Phi) is 8.45. The molecule has 0 radical (unpaired) electrons. The number of thioether (sulfide) groups is 1. The minimum Gasteiger partial charge on any atom is -0.353 e. The topological polar surface area (TPSA) is 103 Å². The van der Waals surface area contributed by atoms with Crippen LogP contribution < -0.4 is 10.6 Å². The number of para-hydroxylation sites is 1. The molecule has 2 heterocycles. The van der Waals surface area contributed by atoms with Crippen molar-refractivity contribution in [3.05, 3.63) is 65.2 Å². The number of amides is 3. The standard InChI is InChI=1S/C30H35N5O3S/c1-3-25(28(37)31-18-20-15-13-19(2)14-16-20)39-30-34-23-12-8-7-11-22(23)27-33-24(29(38)35(27)30)17-26(36)32-21-9-5-4-6-10-21/h7-8,11-16,21,24-25H,3-6,9-10,17-18H2,1-2H3,(H,31,37)(H,32,36). The van der Waals surface area contributed by atoms with Crippen LogP contribution in [0.2, 0.25) is 0 Å². The summed E-state index contributed by atoms with van der Waals surface area (Å²) in [6.07, 6.45) is 5.98. The molecule has 1 saturated carbocycles. The van der Waals surface area contributed by atoms with Gasteiger partial charge in [-0.05, 0) is 43.9 Å². The Morgan fingerprint density at radius 3 is 2.56 bits per heavy atom. The summed E-state index contributed by atoms with van der Waals surface area (Å²) in [5.74, 6) is -0.0399. The molecule has 9 heteroatoms. The zero-order chi connectivity index (χ0) is 27.4. The fraction of sp³-hybridized carbons (Fsp3) is 0.433. The van der Waals surface area contributed by atoms with E-state index in [0.29, 0.717) is 29.7 Å². The molecule has 0 bridgehead atoms. The van der Waals surface area contributed by atoms with Crippen molar-refractivity contribution < 1.29 is 14.4 Å². The lowest BCUT2D eigenvalue weighted by molar-refractivity contribution is -0.129. The van der Waals surface area contributed by atoms with Gasteiger partial charge in [-0.3, -0.25) is 19.4 Å². The van der Waals surface area contributed by atoms with Crippen molar-refractivity contribution in [2.45, 2.75) is 82.7 Å². The Balaban J connectivity index is 1.30. The van der Waals surface area contributed by atoms with E-state index in [2.05, 4.69) is 10.6 Å². The summed E-state index contributed by atoms with van der Waals surface area (Å²) in [5, 5.41) is 6.10. The van der Waals surface area contributed by atoms with Gasteiger partial charge in [0.15, 0.2) is 5.17 Å². The molecular weight excluding hydrogens is 510 g/mol. The van der Waals surface area contributed by atoms with Crippen LogP contribution in [0.3, 0.4) is 0 Å². The maximum Gasteiger partial charge on any atom is 0.259 e. The first kappa shape index (κ1) is 27.1. The number of rotatable bonds is 8. The fourth-order valence-corrected chi connectivity index (χ4v) is 6.23. The van der Waals surface area contributed by atoms with Gasteiger partial charge in [-0.15, -0.1) is 0 Å². The van der Waals surface area contributed by atoms with Crippen molar-refractivity contribution in [2.24, 2.45) is 9.98 Å². The van der Waals surface area contributed by atoms with Crippen LogP contribution >= 0.6 is 11.8 Å². The smallest absolute Gasteiger partial charge is 0.259 e. The first-order valence-corrected chi connectivity index (χ1v) is 14.7. The van der Waals surface area contributed by atoms with Crippen molar-refractivity contribution in [3.8, 4) is 0 Å². The summed E-state index contributed by atoms with van der Waals surface area (Å²) in [6.45, 7) is 4.40. The second kappa shape index (κ2) is 12.2. The summed E-state index contributed by atoms with van der Waals surface area (Å²) < 4.78 is 0. The number of amidine groups is 2. The Hall–Kier alpha value is -3.46. The van der Waals surface area contributed by atoms with E-state index in [1.165, 1.54) is 28.6 Å². The summed E-state index contributed by atoms with van der Waals surface area (Å²) in [6, 6.07) is 14.9. The highest BCUT2D eigenvalue weighted by Gasteiger charge is 2.43.